The van der Waals surface area contributed by atoms with Gasteiger partial charge in [0.2, 0.25) is 0 Å². The molecule has 0 fully saturated rings. The fourth-order valence-corrected chi connectivity index (χ4v) is 2.26. The molecule has 0 saturated carbocycles. The van der Waals surface area contributed by atoms with E-state index in [1.165, 1.54) is 6.07 Å². The maximum absolute atomic E-state index is 11.0. The molecule has 2 aromatic rings. The van der Waals surface area contributed by atoms with E-state index in [4.69, 9.17) is 40.5 Å². The lowest BCUT2D eigenvalue weighted by atomic mass is 10.0. The number of carbonyl (C=O) groups is 1. The van der Waals surface area contributed by atoms with E-state index in [1.54, 1.807) is 18.2 Å². The van der Waals surface area contributed by atoms with Gasteiger partial charge in [-0.05, 0) is 24.3 Å². The Balaban J connectivity index is 2.72. The number of nitrogens with zero attached hydrogens (tertiary/aromatic N) is 1. The molecule has 0 amide bonds. The first kappa shape index (κ1) is 13.1. The number of rotatable bonds is 2. The predicted molar refractivity (Wildman–Crippen MR) is 74.5 cm³/mol. The maximum atomic E-state index is 11.0. The van der Waals surface area contributed by atoms with Gasteiger partial charge < -0.3 is 5.73 Å². The molecule has 0 unspecified atom stereocenters. The number of carbonyl (C=O) groups excluding carboxylic acids is 1. The Hall–Kier alpha value is -1.29. The van der Waals surface area contributed by atoms with Crippen LogP contribution in [0.1, 0.15) is 10.5 Å². The lowest BCUT2D eigenvalue weighted by Crippen LogP contribution is -1.97. The molecule has 0 radical (unpaired) electrons. The van der Waals surface area contributed by atoms with E-state index >= 15 is 0 Å². The number of hydrogen-bond acceptors (Lipinski definition) is 3. The predicted octanol–water partition coefficient (Wildman–Crippen LogP) is 4.10. The highest BCUT2D eigenvalue weighted by molar-refractivity contribution is 6.45. The van der Waals surface area contributed by atoms with Crippen molar-refractivity contribution >= 4 is 46.9 Å². The third-order valence-corrected chi connectivity index (χ3v) is 3.36. The van der Waals surface area contributed by atoms with Crippen molar-refractivity contribution in [3.63, 3.8) is 0 Å². The minimum absolute atomic E-state index is 0.190. The smallest absolute Gasteiger partial charge is 0.169 e. The standard InChI is InChI=1S/C12H7Cl3N2O/c13-6-3-8(12(15)9(14)4-6)7-1-2-11(16)17-10(7)5-18/h1-5H,(H2,16,17). The van der Waals surface area contributed by atoms with E-state index in [-0.39, 0.29) is 11.5 Å². The molecule has 2 N–H and O–H groups in total. The Morgan fingerprint density at radius 1 is 1.11 bits per heavy atom. The van der Waals surface area contributed by atoms with Crippen LogP contribution in [-0.2, 0) is 0 Å². The summed E-state index contributed by atoms with van der Waals surface area (Å²) in [6.45, 7) is 0. The van der Waals surface area contributed by atoms with Gasteiger partial charge in [0.1, 0.15) is 11.5 Å². The Morgan fingerprint density at radius 3 is 2.50 bits per heavy atom. The molecule has 6 heteroatoms. The number of nitrogens with two attached hydrogens (primary N) is 1. The highest BCUT2D eigenvalue weighted by atomic mass is 35.5. The van der Waals surface area contributed by atoms with Gasteiger partial charge in [0.15, 0.2) is 6.29 Å². The van der Waals surface area contributed by atoms with E-state index in [0.29, 0.717) is 32.5 Å². The van der Waals surface area contributed by atoms with Crippen molar-refractivity contribution in [3.8, 4) is 11.1 Å². The average Bonchev–Trinajstić information content (AvgIpc) is 2.34. The van der Waals surface area contributed by atoms with E-state index in [1.807, 2.05) is 0 Å². The zero-order valence-corrected chi connectivity index (χ0v) is 11.2. The van der Waals surface area contributed by atoms with E-state index in [9.17, 15) is 4.79 Å². The van der Waals surface area contributed by atoms with Gasteiger partial charge in [0.05, 0.1) is 10.0 Å². The third kappa shape index (κ3) is 2.43. The minimum Gasteiger partial charge on any atom is -0.384 e. The Labute approximate surface area is 118 Å². The van der Waals surface area contributed by atoms with Gasteiger partial charge in [-0.25, -0.2) is 4.98 Å². The van der Waals surface area contributed by atoms with Crippen LogP contribution >= 0.6 is 34.8 Å². The molecule has 0 aliphatic rings. The summed E-state index contributed by atoms with van der Waals surface area (Å²) in [7, 11) is 0. The zero-order valence-electron chi connectivity index (χ0n) is 8.95. The number of benzene rings is 1. The molecule has 1 aromatic heterocycles. The number of halogens is 3. The highest BCUT2D eigenvalue weighted by Gasteiger charge is 2.13. The van der Waals surface area contributed by atoms with Crippen LogP contribution in [0.15, 0.2) is 24.3 Å². The van der Waals surface area contributed by atoms with E-state index in [2.05, 4.69) is 4.98 Å². The van der Waals surface area contributed by atoms with Gasteiger partial charge in [-0.1, -0.05) is 34.8 Å². The van der Waals surface area contributed by atoms with E-state index < -0.39 is 0 Å². The van der Waals surface area contributed by atoms with Crippen LogP contribution in [0.3, 0.4) is 0 Å². The maximum Gasteiger partial charge on any atom is 0.169 e. The second-order valence-corrected chi connectivity index (χ2v) is 4.76. The van der Waals surface area contributed by atoms with Crippen LogP contribution < -0.4 is 5.73 Å². The number of aromatic nitrogens is 1. The van der Waals surface area contributed by atoms with Crippen LogP contribution in [0, 0.1) is 0 Å². The highest BCUT2D eigenvalue weighted by Crippen LogP contribution is 2.37. The van der Waals surface area contributed by atoms with E-state index in [0.717, 1.165) is 0 Å². The van der Waals surface area contributed by atoms with Gasteiger partial charge in [-0.15, -0.1) is 0 Å². The summed E-state index contributed by atoms with van der Waals surface area (Å²) in [4.78, 5) is 14.9. The quantitative estimate of drug-likeness (QED) is 0.671. The molecule has 1 aromatic carbocycles. The van der Waals surface area contributed by atoms with Crippen molar-refractivity contribution in [1.82, 2.24) is 4.98 Å². The van der Waals surface area contributed by atoms with Gasteiger partial charge >= 0.3 is 0 Å². The summed E-state index contributed by atoms with van der Waals surface area (Å²) >= 11 is 18.0. The lowest BCUT2D eigenvalue weighted by molar-refractivity contribution is 0.112. The molecule has 0 aliphatic carbocycles. The van der Waals surface area contributed by atoms with Gasteiger partial charge in [-0.2, -0.15) is 0 Å². The lowest BCUT2D eigenvalue weighted by Gasteiger charge is -2.09. The number of pyridine rings is 1. The third-order valence-electron chi connectivity index (χ3n) is 2.34. The summed E-state index contributed by atoms with van der Waals surface area (Å²) in [5, 5.41) is 1.05. The van der Waals surface area contributed by atoms with Crippen LogP contribution in [0.25, 0.3) is 11.1 Å². The van der Waals surface area contributed by atoms with Crippen molar-refractivity contribution in [3.05, 3.63) is 45.0 Å². The summed E-state index contributed by atoms with van der Waals surface area (Å²) in [6, 6.07) is 6.38. The molecule has 18 heavy (non-hydrogen) atoms. The van der Waals surface area contributed by atoms with Crippen LogP contribution in [0.5, 0.6) is 0 Å². The normalized spacial score (nSPS) is 10.4. The number of aldehydes is 1. The topological polar surface area (TPSA) is 56.0 Å². The first-order chi connectivity index (χ1) is 8.52. The molecule has 0 atom stereocenters. The minimum atomic E-state index is 0.190. The van der Waals surface area contributed by atoms with Gasteiger partial charge in [0, 0.05) is 16.1 Å². The summed E-state index contributed by atoms with van der Waals surface area (Å²) in [5.41, 5.74) is 6.79. The van der Waals surface area contributed by atoms with Crippen LogP contribution in [0.4, 0.5) is 5.82 Å². The van der Waals surface area contributed by atoms with Crippen molar-refractivity contribution in [2.45, 2.75) is 0 Å². The molecule has 3 nitrogen and oxygen atoms in total. The van der Waals surface area contributed by atoms with Gasteiger partial charge in [0.25, 0.3) is 0 Å². The van der Waals surface area contributed by atoms with Crippen molar-refractivity contribution in [2.75, 3.05) is 5.73 Å². The fraction of sp³-hybridized carbons (Fsp3) is 0. The zero-order chi connectivity index (χ0) is 13.3. The van der Waals surface area contributed by atoms with Crippen LogP contribution in [0.2, 0.25) is 15.1 Å². The summed E-state index contributed by atoms with van der Waals surface area (Å²) in [6.07, 6.45) is 0.608. The fourth-order valence-electron chi connectivity index (χ4n) is 1.56. The Morgan fingerprint density at radius 2 is 1.83 bits per heavy atom. The SMILES string of the molecule is Nc1ccc(-c2cc(Cl)cc(Cl)c2Cl)c(C=O)n1. The molecular formula is C12H7Cl3N2O. The second kappa shape index (κ2) is 5.14. The molecule has 0 bridgehead atoms. The molecule has 92 valence electrons. The second-order valence-electron chi connectivity index (χ2n) is 3.54. The first-order valence-electron chi connectivity index (χ1n) is 4.89. The van der Waals surface area contributed by atoms with Crippen molar-refractivity contribution in [2.24, 2.45) is 0 Å². The largest absolute Gasteiger partial charge is 0.384 e. The van der Waals surface area contributed by atoms with Crippen molar-refractivity contribution < 1.29 is 4.79 Å². The molecule has 1 heterocycles. The molecular weight excluding hydrogens is 295 g/mol. The number of nitrogen functional groups attached to an aromatic ring is 1. The number of hydrogen-bond donors (Lipinski definition) is 1. The Bertz CT molecular complexity index is 629. The summed E-state index contributed by atoms with van der Waals surface area (Å²) < 4.78 is 0. The van der Waals surface area contributed by atoms with Gasteiger partial charge in [-0.3, -0.25) is 4.79 Å². The van der Waals surface area contributed by atoms with Crippen LogP contribution in [-0.4, -0.2) is 11.3 Å². The molecule has 2 rings (SSSR count). The molecule has 0 spiro atoms. The molecule has 0 aliphatic heterocycles. The average molecular weight is 302 g/mol. The molecule has 0 saturated heterocycles. The summed E-state index contributed by atoms with van der Waals surface area (Å²) in [5.74, 6) is 0.255. The monoisotopic (exact) mass is 300 g/mol. The number of anilines is 1. The first-order valence-corrected chi connectivity index (χ1v) is 6.03. The Kier molecular flexibility index (Phi) is 3.76. The van der Waals surface area contributed by atoms with Crippen molar-refractivity contribution in [1.29, 1.82) is 0 Å².